The summed E-state index contributed by atoms with van der Waals surface area (Å²) in [5, 5.41) is 10.7. The van der Waals surface area contributed by atoms with E-state index in [1.807, 2.05) is 0 Å². The van der Waals surface area contributed by atoms with Gasteiger partial charge in [0, 0.05) is 18.3 Å². The number of aromatic carboxylic acids is 1. The first-order valence-electron chi connectivity index (χ1n) is 5.31. The Morgan fingerprint density at radius 3 is 2.75 bits per heavy atom. The number of carboxylic acids is 1. The molecule has 0 aliphatic rings. The normalized spacial score (nSPS) is 11.7. The van der Waals surface area contributed by atoms with Crippen LogP contribution in [-0.2, 0) is 16.4 Å². The SMILES string of the molecule is O=C(O)c1csc(CCNS(=O)(=O)c2ccc(Cl)s2)n1. The van der Waals surface area contributed by atoms with Gasteiger partial charge in [-0.3, -0.25) is 0 Å². The van der Waals surface area contributed by atoms with Crippen LogP contribution in [-0.4, -0.2) is 31.0 Å². The zero-order valence-corrected chi connectivity index (χ0v) is 13.1. The van der Waals surface area contributed by atoms with E-state index in [-0.39, 0.29) is 16.4 Å². The quantitative estimate of drug-likeness (QED) is 0.829. The summed E-state index contributed by atoms with van der Waals surface area (Å²) in [5.74, 6) is -1.10. The molecular formula is C10H9ClN2O4S3. The minimum Gasteiger partial charge on any atom is -0.476 e. The van der Waals surface area contributed by atoms with Crippen molar-refractivity contribution in [2.24, 2.45) is 0 Å². The Bertz CT molecular complexity index is 722. The Kier molecular flexibility index (Phi) is 4.76. The van der Waals surface area contributed by atoms with Crippen LogP contribution in [0.1, 0.15) is 15.5 Å². The molecule has 108 valence electrons. The van der Waals surface area contributed by atoms with Gasteiger partial charge in [0.2, 0.25) is 10.0 Å². The number of sulfonamides is 1. The second kappa shape index (κ2) is 6.19. The van der Waals surface area contributed by atoms with Crippen molar-refractivity contribution >= 4 is 50.3 Å². The number of carbonyl (C=O) groups is 1. The van der Waals surface area contributed by atoms with Crippen LogP contribution in [0.5, 0.6) is 0 Å². The minimum absolute atomic E-state index is 0.0297. The van der Waals surface area contributed by atoms with Crippen molar-refractivity contribution in [1.29, 1.82) is 0 Å². The zero-order valence-electron chi connectivity index (χ0n) is 9.87. The molecule has 0 saturated carbocycles. The number of nitrogens with one attached hydrogen (secondary N) is 1. The topological polar surface area (TPSA) is 96.4 Å². The summed E-state index contributed by atoms with van der Waals surface area (Å²) in [7, 11) is -3.57. The molecule has 0 amide bonds. The maximum atomic E-state index is 11.9. The van der Waals surface area contributed by atoms with Gasteiger partial charge in [0.05, 0.1) is 9.34 Å². The third-order valence-corrected chi connectivity index (χ3v) is 6.31. The van der Waals surface area contributed by atoms with Gasteiger partial charge in [-0.1, -0.05) is 11.6 Å². The van der Waals surface area contributed by atoms with Crippen LogP contribution >= 0.6 is 34.3 Å². The lowest BCUT2D eigenvalue weighted by atomic mass is 10.4. The molecule has 0 saturated heterocycles. The molecule has 2 N–H and O–H groups in total. The number of halogens is 1. The van der Waals surface area contributed by atoms with E-state index in [2.05, 4.69) is 9.71 Å². The van der Waals surface area contributed by atoms with E-state index >= 15 is 0 Å². The van der Waals surface area contributed by atoms with Gasteiger partial charge in [0.15, 0.2) is 5.69 Å². The molecule has 0 fully saturated rings. The predicted octanol–water partition coefficient (Wildman–Crippen LogP) is 2.08. The smallest absolute Gasteiger partial charge is 0.355 e. The molecule has 2 rings (SSSR count). The van der Waals surface area contributed by atoms with Crippen LogP contribution in [0, 0.1) is 0 Å². The molecule has 0 aliphatic heterocycles. The van der Waals surface area contributed by atoms with Crippen molar-refractivity contribution in [3.63, 3.8) is 0 Å². The summed E-state index contributed by atoms with van der Waals surface area (Å²) < 4.78 is 26.7. The zero-order chi connectivity index (χ0) is 14.8. The summed E-state index contributed by atoms with van der Waals surface area (Å²) in [5.41, 5.74) is -0.0297. The van der Waals surface area contributed by atoms with Crippen LogP contribution in [0.15, 0.2) is 21.7 Å². The fourth-order valence-corrected chi connectivity index (χ4v) is 4.66. The van der Waals surface area contributed by atoms with Gasteiger partial charge in [-0.05, 0) is 12.1 Å². The van der Waals surface area contributed by atoms with Crippen LogP contribution < -0.4 is 4.72 Å². The molecule has 0 radical (unpaired) electrons. The molecule has 0 aromatic carbocycles. The average molecular weight is 353 g/mol. The van der Waals surface area contributed by atoms with Gasteiger partial charge in [-0.2, -0.15) is 0 Å². The van der Waals surface area contributed by atoms with Gasteiger partial charge in [-0.25, -0.2) is 22.9 Å². The highest BCUT2D eigenvalue weighted by Gasteiger charge is 2.16. The summed E-state index contributed by atoms with van der Waals surface area (Å²) in [4.78, 5) is 14.5. The van der Waals surface area contributed by atoms with Gasteiger partial charge in [0.25, 0.3) is 0 Å². The first-order valence-corrected chi connectivity index (χ1v) is 8.87. The summed E-state index contributed by atoms with van der Waals surface area (Å²) in [6.07, 6.45) is 0.330. The van der Waals surface area contributed by atoms with Crippen molar-refractivity contribution in [2.45, 2.75) is 10.6 Å². The maximum Gasteiger partial charge on any atom is 0.355 e. The molecule has 6 nitrogen and oxygen atoms in total. The van der Waals surface area contributed by atoms with E-state index < -0.39 is 16.0 Å². The molecule has 20 heavy (non-hydrogen) atoms. The van der Waals surface area contributed by atoms with E-state index in [0.717, 1.165) is 11.3 Å². The Hall–Kier alpha value is -1.00. The standard InChI is InChI=1S/C10H9ClN2O4S3/c11-7-1-2-9(19-7)20(16,17)12-4-3-8-13-6(5-18-8)10(14)15/h1-2,5,12H,3-4H2,(H,14,15). The number of rotatable bonds is 6. The molecule has 0 spiro atoms. The predicted molar refractivity (Wildman–Crippen MR) is 77.3 cm³/mol. The largest absolute Gasteiger partial charge is 0.476 e. The fourth-order valence-electron chi connectivity index (χ4n) is 1.33. The van der Waals surface area contributed by atoms with Crippen molar-refractivity contribution in [2.75, 3.05) is 6.54 Å². The van der Waals surface area contributed by atoms with Crippen molar-refractivity contribution in [3.8, 4) is 0 Å². The summed E-state index contributed by atoms with van der Waals surface area (Å²) in [6, 6.07) is 2.95. The van der Waals surface area contributed by atoms with E-state index in [9.17, 15) is 13.2 Å². The van der Waals surface area contributed by atoms with Crippen molar-refractivity contribution in [3.05, 3.63) is 32.6 Å². The Labute approximate surface area is 128 Å². The Balaban J connectivity index is 1.93. The van der Waals surface area contributed by atoms with E-state index in [1.165, 1.54) is 28.8 Å². The third-order valence-electron chi connectivity index (χ3n) is 2.22. The second-order valence-electron chi connectivity index (χ2n) is 3.64. The van der Waals surface area contributed by atoms with Crippen LogP contribution in [0.3, 0.4) is 0 Å². The van der Waals surface area contributed by atoms with Gasteiger partial charge < -0.3 is 5.11 Å². The molecule has 0 unspecified atom stereocenters. The van der Waals surface area contributed by atoms with Crippen molar-refractivity contribution < 1.29 is 18.3 Å². The number of hydrogen-bond donors (Lipinski definition) is 2. The number of thiazole rings is 1. The lowest BCUT2D eigenvalue weighted by Crippen LogP contribution is -2.25. The molecular weight excluding hydrogens is 344 g/mol. The van der Waals surface area contributed by atoms with E-state index in [0.29, 0.717) is 15.8 Å². The van der Waals surface area contributed by atoms with Gasteiger partial charge in [0.1, 0.15) is 4.21 Å². The lowest BCUT2D eigenvalue weighted by molar-refractivity contribution is 0.0691. The maximum absolute atomic E-state index is 11.9. The fraction of sp³-hybridized carbons (Fsp3) is 0.200. The monoisotopic (exact) mass is 352 g/mol. The lowest BCUT2D eigenvalue weighted by Gasteiger charge is -2.02. The number of thiophene rings is 1. The van der Waals surface area contributed by atoms with Gasteiger partial charge in [-0.15, -0.1) is 22.7 Å². The van der Waals surface area contributed by atoms with E-state index in [4.69, 9.17) is 16.7 Å². The van der Waals surface area contributed by atoms with Gasteiger partial charge >= 0.3 is 5.97 Å². The first-order chi connectivity index (χ1) is 9.38. The number of hydrogen-bond acceptors (Lipinski definition) is 6. The highest BCUT2D eigenvalue weighted by Crippen LogP contribution is 2.25. The highest BCUT2D eigenvalue weighted by atomic mass is 35.5. The van der Waals surface area contributed by atoms with Crippen LogP contribution in [0.2, 0.25) is 4.34 Å². The molecule has 0 aliphatic carbocycles. The molecule has 0 atom stereocenters. The molecule has 0 bridgehead atoms. The summed E-state index contributed by atoms with van der Waals surface area (Å²) >= 11 is 7.85. The minimum atomic E-state index is -3.57. The van der Waals surface area contributed by atoms with Crippen molar-refractivity contribution in [1.82, 2.24) is 9.71 Å². The molecule has 2 aromatic heterocycles. The molecule has 2 aromatic rings. The number of nitrogens with zero attached hydrogens (tertiary/aromatic N) is 1. The second-order valence-corrected chi connectivity index (χ2v) is 8.29. The highest BCUT2D eigenvalue weighted by molar-refractivity contribution is 7.91. The summed E-state index contributed by atoms with van der Waals surface area (Å²) in [6.45, 7) is 0.143. The van der Waals surface area contributed by atoms with E-state index in [1.54, 1.807) is 0 Å². The Morgan fingerprint density at radius 2 is 2.20 bits per heavy atom. The van der Waals surface area contributed by atoms with Crippen LogP contribution in [0.25, 0.3) is 0 Å². The Morgan fingerprint density at radius 1 is 1.45 bits per heavy atom. The first kappa shape index (κ1) is 15.4. The molecule has 10 heteroatoms. The molecule has 2 heterocycles. The number of carboxylic acid groups (broad SMARTS) is 1. The van der Waals surface area contributed by atoms with Crippen LogP contribution in [0.4, 0.5) is 0 Å². The average Bonchev–Trinajstić information content (AvgIpc) is 2.98. The third kappa shape index (κ3) is 3.76. The number of aromatic nitrogens is 1.